The average molecular weight is 378 g/mol. The maximum Gasteiger partial charge on any atom is 0.287 e. The van der Waals surface area contributed by atoms with Crippen LogP contribution in [0, 0.1) is 0 Å². The monoisotopic (exact) mass is 377 g/mol. The number of allylic oxidation sites excluding steroid dienone is 2. The van der Waals surface area contributed by atoms with Gasteiger partial charge in [0.25, 0.3) is 10.1 Å². The molecular formula is C21H31NO3S. The average Bonchev–Trinajstić information content (AvgIpc) is 2.63. The molecule has 0 aromatic heterocycles. The van der Waals surface area contributed by atoms with Gasteiger partial charge in [0.15, 0.2) is 0 Å². The first kappa shape index (κ1) is 24.1. The van der Waals surface area contributed by atoms with Crippen molar-refractivity contribution in [3.63, 3.8) is 0 Å². The summed E-state index contributed by atoms with van der Waals surface area (Å²) in [6, 6.07) is 19.2. The summed E-state index contributed by atoms with van der Waals surface area (Å²) in [6.07, 6.45) is 4.00. The summed E-state index contributed by atoms with van der Waals surface area (Å²) in [6.45, 7) is 10.7. The summed E-state index contributed by atoms with van der Waals surface area (Å²) in [5.41, 5.74) is 2.35. The van der Waals surface area contributed by atoms with Gasteiger partial charge in [-0.15, -0.1) is 0 Å². The Bertz CT molecular complexity index is 715. The fourth-order valence-corrected chi connectivity index (χ4v) is 2.42. The third-order valence-corrected chi connectivity index (χ3v) is 4.29. The van der Waals surface area contributed by atoms with Gasteiger partial charge in [0, 0.05) is 0 Å². The molecule has 144 valence electrons. The summed E-state index contributed by atoms with van der Waals surface area (Å²) < 4.78 is 25.5. The van der Waals surface area contributed by atoms with Crippen molar-refractivity contribution >= 4 is 10.1 Å². The number of rotatable bonds is 3. The van der Waals surface area contributed by atoms with E-state index in [2.05, 4.69) is 61.3 Å². The SMILES string of the molecule is CC(C)(C)c1ccccc1.CC=CC.NOS(=O)(=O)Cc1ccccc1. The molecular weight excluding hydrogens is 346 g/mol. The number of hydrogen-bond acceptors (Lipinski definition) is 4. The molecule has 5 heteroatoms. The van der Waals surface area contributed by atoms with Crippen LogP contribution in [0.2, 0.25) is 0 Å². The minimum atomic E-state index is -3.59. The lowest BCUT2D eigenvalue weighted by Crippen LogP contribution is -2.12. The molecule has 0 saturated heterocycles. The normalized spacial score (nSPS) is 11.2. The minimum absolute atomic E-state index is 0.190. The van der Waals surface area contributed by atoms with E-state index in [-0.39, 0.29) is 5.75 Å². The lowest BCUT2D eigenvalue weighted by Gasteiger charge is -2.18. The summed E-state index contributed by atoms with van der Waals surface area (Å²) in [4.78, 5) is 0. The van der Waals surface area contributed by atoms with Crippen LogP contribution in [0.4, 0.5) is 0 Å². The van der Waals surface area contributed by atoms with Gasteiger partial charge >= 0.3 is 0 Å². The van der Waals surface area contributed by atoms with Crippen molar-refractivity contribution in [2.24, 2.45) is 5.90 Å². The zero-order chi connectivity index (χ0) is 20.1. The predicted molar refractivity (Wildman–Crippen MR) is 110 cm³/mol. The highest BCUT2D eigenvalue weighted by molar-refractivity contribution is 7.85. The van der Waals surface area contributed by atoms with Gasteiger partial charge in [0.05, 0.1) is 0 Å². The Hall–Kier alpha value is -1.95. The summed E-state index contributed by atoms with van der Waals surface area (Å²) in [7, 11) is -3.59. The van der Waals surface area contributed by atoms with Crippen molar-refractivity contribution in [1.29, 1.82) is 0 Å². The lowest BCUT2D eigenvalue weighted by molar-refractivity contribution is 0.332. The van der Waals surface area contributed by atoms with Crippen LogP contribution in [-0.2, 0) is 25.6 Å². The Kier molecular flexibility index (Phi) is 11.5. The Balaban J connectivity index is 0.000000405. The molecule has 0 aliphatic carbocycles. The first-order valence-corrected chi connectivity index (χ1v) is 10.0. The van der Waals surface area contributed by atoms with E-state index in [1.165, 1.54) is 5.56 Å². The Morgan fingerprint density at radius 3 is 1.62 bits per heavy atom. The van der Waals surface area contributed by atoms with E-state index in [0.29, 0.717) is 11.0 Å². The van der Waals surface area contributed by atoms with Crippen LogP contribution >= 0.6 is 0 Å². The van der Waals surface area contributed by atoms with Crippen molar-refractivity contribution in [2.45, 2.75) is 45.8 Å². The van der Waals surface area contributed by atoms with E-state index in [9.17, 15) is 8.42 Å². The van der Waals surface area contributed by atoms with Gasteiger partial charge in [-0.05, 0) is 30.4 Å². The van der Waals surface area contributed by atoms with Crippen molar-refractivity contribution < 1.29 is 12.7 Å². The second-order valence-corrected chi connectivity index (χ2v) is 8.16. The maximum atomic E-state index is 10.8. The van der Waals surface area contributed by atoms with Gasteiger partial charge in [0.2, 0.25) is 0 Å². The lowest BCUT2D eigenvalue weighted by atomic mass is 9.87. The van der Waals surface area contributed by atoms with Crippen LogP contribution in [0.15, 0.2) is 72.8 Å². The van der Waals surface area contributed by atoms with Gasteiger partial charge in [-0.25, -0.2) is 0 Å². The van der Waals surface area contributed by atoms with Crippen molar-refractivity contribution in [1.82, 2.24) is 0 Å². The molecule has 2 N–H and O–H groups in total. The van der Waals surface area contributed by atoms with Crippen LogP contribution in [0.1, 0.15) is 45.7 Å². The largest absolute Gasteiger partial charge is 0.287 e. The summed E-state index contributed by atoms with van der Waals surface area (Å²) in [5, 5.41) is 0. The highest BCUT2D eigenvalue weighted by atomic mass is 32.2. The first-order valence-electron chi connectivity index (χ1n) is 8.44. The molecule has 0 aliphatic rings. The van der Waals surface area contributed by atoms with Gasteiger partial charge in [-0.1, -0.05) is 93.6 Å². The van der Waals surface area contributed by atoms with Gasteiger partial charge in [-0.2, -0.15) is 18.6 Å². The molecule has 26 heavy (non-hydrogen) atoms. The van der Waals surface area contributed by atoms with Crippen molar-refractivity contribution in [3.8, 4) is 0 Å². The molecule has 2 aromatic rings. The van der Waals surface area contributed by atoms with Crippen LogP contribution in [0.25, 0.3) is 0 Å². The third-order valence-electron chi connectivity index (χ3n) is 3.31. The zero-order valence-electron chi connectivity index (χ0n) is 16.3. The minimum Gasteiger partial charge on any atom is -0.198 e. The molecule has 0 saturated carbocycles. The van der Waals surface area contributed by atoms with Crippen molar-refractivity contribution in [2.75, 3.05) is 0 Å². The molecule has 0 bridgehead atoms. The van der Waals surface area contributed by atoms with Gasteiger partial charge in [0.1, 0.15) is 5.75 Å². The van der Waals surface area contributed by atoms with Crippen LogP contribution in [-0.4, -0.2) is 8.42 Å². The Morgan fingerprint density at radius 1 is 0.885 bits per heavy atom. The molecule has 0 fully saturated rings. The quantitative estimate of drug-likeness (QED) is 0.605. The fraction of sp³-hybridized carbons (Fsp3) is 0.333. The molecule has 0 spiro atoms. The molecule has 0 amide bonds. The van der Waals surface area contributed by atoms with Crippen LogP contribution in [0.5, 0.6) is 0 Å². The molecule has 0 unspecified atom stereocenters. The van der Waals surface area contributed by atoms with Crippen molar-refractivity contribution in [3.05, 3.63) is 83.9 Å². The molecule has 2 rings (SSSR count). The summed E-state index contributed by atoms with van der Waals surface area (Å²) >= 11 is 0. The topological polar surface area (TPSA) is 69.4 Å². The van der Waals surface area contributed by atoms with E-state index < -0.39 is 10.1 Å². The van der Waals surface area contributed by atoms with Crippen LogP contribution < -0.4 is 5.90 Å². The number of nitrogens with two attached hydrogens (primary N) is 1. The fourth-order valence-electron chi connectivity index (χ4n) is 1.75. The second-order valence-electron chi connectivity index (χ2n) is 6.57. The molecule has 0 aliphatic heterocycles. The van der Waals surface area contributed by atoms with E-state index in [0.717, 1.165) is 0 Å². The molecule has 0 radical (unpaired) electrons. The Morgan fingerprint density at radius 2 is 1.31 bits per heavy atom. The third kappa shape index (κ3) is 11.6. The Labute approximate surface area is 158 Å². The molecule has 4 nitrogen and oxygen atoms in total. The molecule has 0 heterocycles. The standard InChI is InChI=1S/C10H14.C7H9NO3S.C4H8/c1-10(2,3)9-7-5-4-6-8-9;8-11-12(9,10)6-7-4-2-1-3-5-7;1-3-4-2/h4-8H,1-3H3;1-5H,6,8H2;3-4H,1-2H3. The smallest absolute Gasteiger partial charge is 0.198 e. The second kappa shape index (κ2) is 12.4. The predicted octanol–water partition coefficient (Wildman–Crippen LogP) is 4.97. The highest BCUT2D eigenvalue weighted by Crippen LogP contribution is 2.20. The molecule has 0 atom stereocenters. The van der Waals surface area contributed by atoms with E-state index in [1.54, 1.807) is 30.3 Å². The maximum absolute atomic E-state index is 10.8. The molecule has 2 aromatic carbocycles. The number of hydrogen-bond donors (Lipinski definition) is 1. The zero-order valence-corrected chi connectivity index (χ0v) is 17.2. The van der Waals surface area contributed by atoms with Gasteiger partial charge < -0.3 is 0 Å². The number of benzene rings is 2. The summed E-state index contributed by atoms with van der Waals surface area (Å²) in [5.74, 6) is 4.38. The van der Waals surface area contributed by atoms with E-state index in [4.69, 9.17) is 0 Å². The highest BCUT2D eigenvalue weighted by Gasteiger charge is 2.11. The van der Waals surface area contributed by atoms with Crippen LogP contribution in [0.3, 0.4) is 0 Å². The van der Waals surface area contributed by atoms with Gasteiger partial charge in [-0.3, -0.25) is 0 Å². The van der Waals surface area contributed by atoms with E-state index >= 15 is 0 Å². The van der Waals surface area contributed by atoms with E-state index in [1.807, 2.05) is 26.0 Å². The first-order chi connectivity index (χ1) is 12.2.